The van der Waals surface area contributed by atoms with Crippen molar-refractivity contribution in [3.63, 3.8) is 0 Å². The van der Waals surface area contributed by atoms with Crippen LogP contribution in [0, 0.1) is 0 Å². The second-order valence-electron chi connectivity index (χ2n) is 6.33. The molecule has 24 heavy (non-hydrogen) atoms. The Morgan fingerprint density at radius 2 is 2.04 bits per heavy atom. The summed E-state index contributed by atoms with van der Waals surface area (Å²) in [6, 6.07) is 7.70. The van der Waals surface area contributed by atoms with E-state index in [4.69, 9.17) is 4.74 Å². The SMILES string of the molecule is COc1cccc(C(=O)N2CCC(n3cc(N(C)C)cn3)CC2)c1. The van der Waals surface area contributed by atoms with E-state index in [1.807, 2.05) is 53.0 Å². The number of rotatable bonds is 4. The molecular formula is C18H24N4O2. The van der Waals surface area contributed by atoms with Crippen LogP contribution in [0.25, 0.3) is 0 Å². The van der Waals surface area contributed by atoms with Crippen LogP contribution in [0.1, 0.15) is 29.2 Å². The highest BCUT2D eigenvalue weighted by molar-refractivity contribution is 5.94. The summed E-state index contributed by atoms with van der Waals surface area (Å²) in [5.41, 5.74) is 1.78. The van der Waals surface area contributed by atoms with Crippen molar-refractivity contribution >= 4 is 11.6 Å². The topological polar surface area (TPSA) is 50.6 Å². The first-order valence-electron chi connectivity index (χ1n) is 8.23. The summed E-state index contributed by atoms with van der Waals surface area (Å²) in [5, 5.41) is 4.47. The van der Waals surface area contributed by atoms with E-state index in [9.17, 15) is 4.79 Å². The summed E-state index contributed by atoms with van der Waals surface area (Å²) < 4.78 is 7.23. The molecule has 0 radical (unpaired) electrons. The molecule has 128 valence electrons. The molecule has 0 saturated carbocycles. The van der Waals surface area contributed by atoms with E-state index in [0.717, 1.165) is 31.6 Å². The van der Waals surface area contributed by atoms with Crippen molar-refractivity contribution in [3.05, 3.63) is 42.2 Å². The van der Waals surface area contributed by atoms with Crippen LogP contribution in [0.2, 0.25) is 0 Å². The largest absolute Gasteiger partial charge is 0.497 e. The number of hydrogen-bond acceptors (Lipinski definition) is 4. The van der Waals surface area contributed by atoms with Gasteiger partial charge in [-0.3, -0.25) is 9.48 Å². The fourth-order valence-corrected chi connectivity index (χ4v) is 3.03. The molecule has 2 aromatic rings. The van der Waals surface area contributed by atoms with Crippen molar-refractivity contribution in [2.24, 2.45) is 0 Å². The number of amides is 1. The number of anilines is 1. The van der Waals surface area contributed by atoms with Crippen molar-refractivity contribution < 1.29 is 9.53 Å². The molecule has 2 heterocycles. The van der Waals surface area contributed by atoms with Gasteiger partial charge in [0.15, 0.2) is 0 Å². The molecule has 0 aliphatic carbocycles. The van der Waals surface area contributed by atoms with Gasteiger partial charge in [-0.1, -0.05) is 6.07 Å². The number of benzene rings is 1. The number of likely N-dealkylation sites (tertiary alicyclic amines) is 1. The summed E-state index contributed by atoms with van der Waals surface area (Å²) in [7, 11) is 5.63. The quantitative estimate of drug-likeness (QED) is 0.865. The number of ether oxygens (including phenoxy) is 1. The monoisotopic (exact) mass is 328 g/mol. The molecule has 1 aromatic carbocycles. The first kappa shape index (κ1) is 16.4. The zero-order valence-corrected chi connectivity index (χ0v) is 14.5. The summed E-state index contributed by atoms with van der Waals surface area (Å²) in [5.74, 6) is 0.783. The zero-order valence-electron chi connectivity index (χ0n) is 14.5. The fourth-order valence-electron chi connectivity index (χ4n) is 3.03. The number of carbonyl (C=O) groups is 1. The molecule has 1 aliphatic rings. The minimum absolute atomic E-state index is 0.0711. The summed E-state index contributed by atoms with van der Waals surface area (Å²) in [6.45, 7) is 1.50. The highest BCUT2D eigenvalue weighted by Gasteiger charge is 2.25. The highest BCUT2D eigenvalue weighted by atomic mass is 16.5. The molecule has 0 unspecified atom stereocenters. The minimum atomic E-state index is 0.0711. The number of carbonyl (C=O) groups excluding carboxylic acids is 1. The normalized spacial score (nSPS) is 15.4. The van der Waals surface area contributed by atoms with Gasteiger partial charge < -0.3 is 14.5 Å². The summed E-state index contributed by atoms with van der Waals surface area (Å²) in [4.78, 5) is 16.6. The molecule has 0 spiro atoms. The smallest absolute Gasteiger partial charge is 0.253 e. The first-order valence-corrected chi connectivity index (χ1v) is 8.23. The van der Waals surface area contributed by atoms with E-state index < -0.39 is 0 Å². The van der Waals surface area contributed by atoms with Gasteiger partial charge in [0.05, 0.1) is 25.0 Å². The second kappa shape index (κ2) is 6.95. The van der Waals surface area contributed by atoms with Crippen LogP contribution in [0.5, 0.6) is 5.75 Å². The van der Waals surface area contributed by atoms with E-state index in [1.54, 1.807) is 13.2 Å². The van der Waals surface area contributed by atoms with Crippen molar-refractivity contribution in [3.8, 4) is 5.75 Å². The van der Waals surface area contributed by atoms with Crippen LogP contribution in [0.3, 0.4) is 0 Å². The molecule has 3 rings (SSSR count). The maximum absolute atomic E-state index is 12.6. The van der Waals surface area contributed by atoms with Gasteiger partial charge in [-0.05, 0) is 31.0 Å². The van der Waals surface area contributed by atoms with Crippen molar-refractivity contribution in [1.29, 1.82) is 0 Å². The van der Waals surface area contributed by atoms with Gasteiger partial charge in [0, 0.05) is 38.9 Å². The Kier molecular flexibility index (Phi) is 4.74. The third kappa shape index (κ3) is 3.37. The molecule has 1 aromatic heterocycles. The number of methoxy groups -OCH3 is 1. The Labute approximate surface area is 142 Å². The third-order valence-corrected chi connectivity index (χ3v) is 4.55. The molecule has 1 aliphatic heterocycles. The molecule has 1 amide bonds. The summed E-state index contributed by atoms with van der Waals surface area (Å²) >= 11 is 0. The van der Waals surface area contributed by atoms with Gasteiger partial charge in [0.1, 0.15) is 5.75 Å². The second-order valence-corrected chi connectivity index (χ2v) is 6.33. The molecule has 1 saturated heterocycles. The van der Waals surface area contributed by atoms with Crippen molar-refractivity contribution in [1.82, 2.24) is 14.7 Å². The molecule has 0 N–H and O–H groups in total. The van der Waals surface area contributed by atoms with Crippen molar-refractivity contribution in [2.45, 2.75) is 18.9 Å². The van der Waals surface area contributed by atoms with Crippen molar-refractivity contribution in [2.75, 3.05) is 39.2 Å². The van der Waals surface area contributed by atoms with Crippen LogP contribution < -0.4 is 9.64 Å². The molecular weight excluding hydrogens is 304 g/mol. The molecule has 0 atom stereocenters. The van der Waals surface area contributed by atoms with Gasteiger partial charge in [-0.15, -0.1) is 0 Å². The Hall–Kier alpha value is -2.50. The Balaban J connectivity index is 1.62. The van der Waals surface area contributed by atoms with Gasteiger partial charge in [0.2, 0.25) is 0 Å². The predicted molar refractivity (Wildman–Crippen MR) is 93.7 cm³/mol. The number of nitrogens with zero attached hydrogens (tertiary/aromatic N) is 4. The number of hydrogen-bond donors (Lipinski definition) is 0. The van der Waals surface area contributed by atoms with E-state index in [2.05, 4.69) is 11.3 Å². The zero-order chi connectivity index (χ0) is 17.1. The van der Waals surface area contributed by atoms with Gasteiger partial charge >= 0.3 is 0 Å². The van der Waals surface area contributed by atoms with E-state index >= 15 is 0 Å². The first-order chi connectivity index (χ1) is 11.6. The van der Waals surface area contributed by atoms with Crippen LogP contribution in [-0.4, -0.2) is 54.9 Å². The van der Waals surface area contributed by atoms with Crippen LogP contribution in [0.15, 0.2) is 36.7 Å². The Morgan fingerprint density at radius 1 is 1.29 bits per heavy atom. The Bertz CT molecular complexity index is 703. The van der Waals surface area contributed by atoms with Crippen LogP contribution in [0.4, 0.5) is 5.69 Å². The predicted octanol–water partition coefficient (Wildman–Crippen LogP) is 2.44. The molecule has 6 nitrogen and oxygen atoms in total. The summed E-state index contributed by atoms with van der Waals surface area (Å²) in [6.07, 6.45) is 5.80. The fraction of sp³-hybridized carbons (Fsp3) is 0.444. The van der Waals surface area contributed by atoms with E-state index in [0.29, 0.717) is 17.4 Å². The average molecular weight is 328 g/mol. The standard InChI is InChI=1S/C18H24N4O2/c1-20(2)16-12-19-22(13-16)15-7-9-21(10-8-15)18(23)14-5-4-6-17(11-14)24-3/h4-6,11-13,15H,7-10H2,1-3H3. The lowest BCUT2D eigenvalue weighted by atomic mass is 10.0. The van der Waals surface area contributed by atoms with Gasteiger partial charge in [-0.2, -0.15) is 5.10 Å². The number of aromatic nitrogens is 2. The molecule has 0 bridgehead atoms. The maximum atomic E-state index is 12.6. The molecule has 1 fully saturated rings. The lowest BCUT2D eigenvalue weighted by Gasteiger charge is -2.32. The van der Waals surface area contributed by atoms with Crippen LogP contribution in [-0.2, 0) is 0 Å². The van der Waals surface area contributed by atoms with Crippen LogP contribution >= 0.6 is 0 Å². The van der Waals surface area contributed by atoms with E-state index in [1.165, 1.54) is 0 Å². The lowest BCUT2D eigenvalue weighted by Crippen LogP contribution is -2.39. The third-order valence-electron chi connectivity index (χ3n) is 4.55. The number of piperidine rings is 1. The van der Waals surface area contributed by atoms with E-state index in [-0.39, 0.29) is 5.91 Å². The highest BCUT2D eigenvalue weighted by Crippen LogP contribution is 2.25. The maximum Gasteiger partial charge on any atom is 0.253 e. The Morgan fingerprint density at radius 3 is 2.67 bits per heavy atom. The van der Waals surface area contributed by atoms with Gasteiger partial charge in [0.25, 0.3) is 5.91 Å². The van der Waals surface area contributed by atoms with Gasteiger partial charge in [-0.25, -0.2) is 0 Å². The lowest BCUT2D eigenvalue weighted by molar-refractivity contribution is 0.0689. The minimum Gasteiger partial charge on any atom is -0.497 e. The molecule has 6 heteroatoms. The average Bonchev–Trinajstić information content (AvgIpc) is 3.12.